The molecule has 0 spiro atoms. The fourth-order valence-electron chi connectivity index (χ4n) is 2.35. The normalized spacial score (nSPS) is 12.5. The van der Waals surface area contributed by atoms with Crippen LogP contribution >= 0.6 is 0 Å². The molecule has 0 aliphatic rings. The van der Waals surface area contributed by atoms with Gasteiger partial charge in [-0.3, -0.25) is 0 Å². The van der Waals surface area contributed by atoms with Crippen molar-refractivity contribution in [2.24, 2.45) is 0 Å². The standard InChI is InChI=1S/C16H27FN2/c1-5-10-18-13(4)15-12-14(17)8-9-16(15)19(7-3)11-6-2/h8-9,12-13,18H,5-7,10-11H2,1-4H3. The summed E-state index contributed by atoms with van der Waals surface area (Å²) in [7, 11) is 0. The number of halogens is 1. The fourth-order valence-corrected chi connectivity index (χ4v) is 2.35. The molecule has 0 saturated carbocycles. The van der Waals surface area contributed by atoms with Crippen molar-refractivity contribution >= 4 is 5.69 Å². The predicted molar refractivity (Wildman–Crippen MR) is 81.3 cm³/mol. The van der Waals surface area contributed by atoms with Gasteiger partial charge >= 0.3 is 0 Å². The molecule has 0 aromatic heterocycles. The van der Waals surface area contributed by atoms with Gasteiger partial charge in [0.15, 0.2) is 0 Å². The van der Waals surface area contributed by atoms with Crippen LogP contribution in [0.15, 0.2) is 18.2 Å². The maximum Gasteiger partial charge on any atom is 0.123 e. The number of rotatable bonds is 8. The molecule has 0 saturated heterocycles. The van der Waals surface area contributed by atoms with Crippen molar-refractivity contribution in [3.63, 3.8) is 0 Å². The summed E-state index contributed by atoms with van der Waals surface area (Å²) in [5.41, 5.74) is 2.21. The highest BCUT2D eigenvalue weighted by molar-refractivity contribution is 5.55. The van der Waals surface area contributed by atoms with E-state index in [2.05, 4.69) is 37.9 Å². The minimum absolute atomic E-state index is 0.156. The van der Waals surface area contributed by atoms with E-state index in [-0.39, 0.29) is 11.9 Å². The Balaban J connectivity index is 3.02. The molecule has 1 aromatic rings. The topological polar surface area (TPSA) is 15.3 Å². The van der Waals surface area contributed by atoms with Crippen LogP contribution in [0.3, 0.4) is 0 Å². The lowest BCUT2D eigenvalue weighted by atomic mass is 10.0. The van der Waals surface area contributed by atoms with Crippen LogP contribution in [0.5, 0.6) is 0 Å². The van der Waals surface area contributed by atoms with Crippen molar-refractivity contribution in [2.75, 3.05) is 24.5 Å². The summed E-state index contributed by atoms with van der Waals surface area (Å²) < 4.78 is 13.5. The second kappa shape index (κ2) is 8.16. The summed E-state index contributed by atoms with van der Waals surface area (Å²) in [5.74, 6) is -0.156. The third-order valence-corrected chi connectivity index (χ3v) is 3.37. The van der Waals surface area contributed by atoms with E-state index < -0.39 is 0 Å². The van der Waals surface area contributed by atoms with Crippen molar-refractivity contribution in [3.8, 4) is 0 Å². The molecule has 2 nitrogen and oxygen atoms in total. The highest BCUT2D eigenvalue weighted by atomic mass is 19.1. The summed E-state index contributed by atoms with van der Waals surface area (Å²) in [6.07, 6.45) is 2.18. The summed E-state index contributed by atoms with van der Waals surface area (Å²) in [5, 5.41) is 3.44. The molecule has 3 heteroatoms. The Morgan fingerprint density at radius 3 is 2.53 bits per heavy atom. The molecule has 0 fully saturated rings. The molecule has 1 atom stereocenters. The molecule has 1 rings (SSSR count). The maximum atomic E-state index is 13.5. The molecule has 0 amide bonds. The van der Waals surface area contributed by atoms with E-state index in [9.17, 15) is 4.39 Å². The van der Waals surface area contributed by atoms with Gasteiger partial charge < -0.3 is 10.2 Å². The zero-order valence-electron chi connectivity index (χ0n) is 12.7. The van der Waals surface area contributed by atoms with E-state index in [1.165, 1.54) is 0 Å². The third-order valence-electron chi connectivity index (χ3n) is 3.37. The Kier molecular flexibility index (Phi) is 6.85. The smallest absolute Gasteiger partial charge is 0.123 e. The molecule has 19 heavy (non-hydrogen) atoms. The average molecular weight is 266 g/mol. The van der Waals surface area contributed by atoms with Crippen LogP contribution < -0.4 is 10.2 Å². The highest BCUT2D eigenvalue weighted by Gasteiger charge is 2.15. The molecule has 0 radical (unpaired) electrons. The van der Waals surface area contributed by atoms with Crippen LogP contribution in [-0.4, -0.2) is 19.6 Å². The van der Waals surface area contributed by atoms with Crippen LogP contribution in [0, 0.1) is 5.82 Å². The molecule has 1 N–H and O–H groups in total. The number of benzene rings is 1. The van der Waals surface area contributed by atoms with Crippen LogP contribution in [0.4, 0.5) is 10.1 Å². The first-order valence-electron chi connectivity index (χ1n) is 7.41. The zero-order valence-corrected chi connectivity index (χ0v) is 12.7. The first-order chi connectivity index (χ1) is 9.13. The van der Waals surface area contributed by atoms with Gasteiger partial charge in [-0.2, -0.15) is 0 Å². The maximum absolute atomic E-state index is 13.5. The largest absolute Gasteiger partial charge is 0.372 e. The van der Waals surface area contributed by atoms with Crippen LogP contribution in [0.2, 0.25) is 0 Å². The van der Waals surface area contributed by atoms with Gasteiger partial charge in [0.2, 0.25) is 0 Å². The van der Waals surface area contributed by atoms with Gasteiger partial charge in [0, 0.05) is 24.8 Å². The second-order valence-corrected chi connectivity index (χ2v) is 4.96. The summed E-state index contributed by atoms with van der Waals surface area (Å²) in [6, 6.07) is 5.31. The van der Waals surface area contributed by atoms with E-state index in [4.69, 9.17) is 0 Å². The zero-order chi connectivity index (χ0) is 14.3. The number of hydrogen-bond donors (Lipinski definition) is 1. The molecule has 0 bridgehead atoms. The van der Waals surface area contributed by atoms with Gasteiger partial charge in [-0.05, 0) is 57.0 Å². The molecular formula is C16H27FN2. The molecule has 108 valence electrons. The van der Waals surface area contributed by atoms with Crippen LogP contribution in [0.1, 0.15) is 52.1 Å². The predicted octanol–water partition coefficient (Wildman–Crippen LogP) is 4.12. The van der Waals surface area contributed by atoms with Crippen molar-refractivity contribution in [3.05, 3.63) is 29.6 Å². The number of nitrogens with one attached hydrogen (secondary N) is 1. The first kappa shape index (κ1) is 16.0. The summed E-state index contributed by atoms with van der Waals surface area (Å²) in [4.78, 5) is 2.32. The van der Waals surface area contributed by atoms with E-state index in [0.717, 1.165) is 43.7 Å². The molecule has 0 aliphatic carbocycles. The van der Waals surface area contributed by atoms with E-state index in [1.54, 1.807) is 12.1 Å². The third kappa shape index (κ3) is 4.50. The molecule has 1 aromatic carbocycles. The van der Waals surface area contributed by atoms with Gasteiger partial charge in [0.05, 0.1) is 0 Å². The molecule has 0 aliphatic heterocycles. The summed E-state index contributed by atoms with van der Waals surface area (Å²) in [6.45, 7) is 11.5. The van der Waals surface area contributed by atoms with Gasteiger partial charge in [-0.25, -0.2) is 4.39 Å². The van der Waals surface area contributed by atoms with Crippen LogP contribution in [0.25, 0.3) is 0 Å². The fraction of sp³-hybridized carbons (Fsp3) is 0.625. The van der Waals surface area contributed by atoms with Gasteiger partial charge in [-0.15, -0.1) is 0 Å². The van der Waals surface area contributed by atoms with Crippen molar-refractivity contribution in [1.82, 2.24) is 5.32 Å². The summed E-state index contributed by atoms with van der Waals surface area (Å²) >= 11 is 0. The van der Waals surface area contributed by atoms with Gasteiger partial charge in [-0.1, -0.05) is 13.8 Å². The number of anilines is 1. The Morgan fingerprint density at radius 1 is 1.21 bits per heavy atom. The van der Waals surface area contributed by atoms with E-state index >= 15 is 0 Å². The Hall–Kier alpha value is -1.09. The number of nitrogens with zero attached hydrogens (tertiary/aromatic N) is 1. The Labute approximate surface area is 117 Å². The lowest BCUT2D eigenvalue weighted by molar-refractivity contribution is 0.560. The van der Waals surface area contributed by atoms with Gasteiger partial charge in [0.1, 0.15) is 5.82 Å². The number of hydrogen-bond acceptors (Lipinski definition) is 2. The lowest BCUT2D eigenvalue weighted by Gasteiger charge is -2.28. The minimum atomic E-state index is -0.156. The Morgan fingerprint density at radius 2 is 1.95 bits per heavy atom. The SMILES string of the molecule is CCCNC(C)c1cc(F)ccc1N(CC)CCC. The van der Waals surface area contributed by atoms with Crippen LogP contribution in [-0.2, 0) is 0 Å². The first-order valence-corrected chi connectivity index (χ1v) is 7.41. The second-order valence-electron chi connectivity index (χ2n) is 4.96. The molecule has 0 heterocycles. The van der Waals surface area contributed by atoms with Crippen molar-refractivity contribution in [2.45, 2.75) is 46.6 Å². The van der Waals surface area contributed by atoms with Gasteiger partial charge in [0.25, 0.3) is 0 Å². The lowest BCUT2D eigenvalue weighted by Crippen LogP contribution is -2.27. The van der Waals surface area contributed by atoms with Crippen molar-refractivity contribution in [1.29, 1.82) is 0 Å². The minimum Gasteiger partial charge on any atom is -0.372 e. The monoisotopic (exact) mass is 266 g/mol. The van der Waals surface area contributed by atoms with E-state index in [1.807, 2.05) is 6.07 Å². The Bertz CT molecular complexity index is 379. The van der Waals surface area contributed by atoms with E-state index in [0.29, 0.717) is 0 Å². The average Bonchev–Trinajstić information content (AvgIpc) is 2.42. The quantitative estimate of drug-likeness (QED) is 0.761. The molecule has 1 unspecified atom stereocenters. The molecular weight excluding hydrogens is 239 g/mol. The highest BCUT2D eigenvalue weighted by Crippen LogP contribution is 2.27. The van der Waals surface area contributed by atoms with Crippen molar-refractivity contribution < 1.29 is 4.39 Å².